The van der Waals surface area contributed by atoms with Crippen LogP contribution in [0.25, 0.3) is 11.3 Å². The average molecular weight is 357 g/mol. The number of benzene rings is 2. The molecule has 0 fully saturated rings. The first-order valence-corrected chi connectivity index (χ1v) is 8.65. The lowest BCUT2D eigenvalue weighted by atomic mass is 10.1. The van der Waals surface area contributed by atoms with Crippen molar-refractivity contribution in [2.45, 2.75) is 6.42 Å². The van der Waals surface area contributed by atoms with Crippen LogP contribution in [0.3, 0.4) is 0 Å². The molecule has 4 nitrogen and oxygen atoms in total. The summed E-state index contributed by atoms with van der Waals surface area (Å²) in [6.45, 7) is -0.0670. The second-order valence-electron chi connectivity index (χ2n) is 5.42. The summed E-state index contributed by atoms with van der Waals surface area (Å²) >= 11 is 7.33. The molecule has 1 N–H and O–H groups in total. The summed E-state index contributed by atoms with van der Waals surface area (Å²) in [5, 5.41) is 4.04. The van der Waals surface area contributed by atoms with E-state index >= 15 is 0 Å². The number of thiazole rings is 1. The van der Waals surface area contributed by atoms with Crippen molar-refractivity contribution >= 4 is 34.0 Å². The highest BCUT2D eigenvalue weighted by atomic mass is 35.5. The minimum absolute atomic E-state index is 0.0670. The molecule has 0 radical (unpaired) electrons. The van der Waals surface area contributed by atoms with Crippen LogP contribution in [-0.4, -0.2) is 17.5 Å². The van der Waals surface area contributed by atoms with Gasteiger partial charge in [-0.15, -0.1) is 11.3 Å². The number of hydrogen-bond donors (Lipinski definition) is 1. The largest absolute Gasteiger partial charge is 0.484 e. The quantitative estimate of drug-likeness (QED) is 0.590. The van der Waals surface area contributed by atoms with Crippen molar-refractivity contribution in [3.05, 3.63) is 64.0 Å². The lowest BCUT2D eigenvalue weighted by Crippen LogP contribution is -2.20. The van der Waals surface area contributed by atoms with Gasteiger partial charge in [0.25, 0.3) is 5.91 Å². The monoisotopic (exact) mass is 356 g/mol. The summed E-state index contributed by atoms with van der Waals surface area (Å²) in [6.07, 6.45) is 0.875. The molecule has 2 aromatic carbocycles. The molecule has 1 aliphatic carbocycles. The number of aromatic nitrogens is 1. The summed E-state index contributed by atoms with van der Waals surface area (Å²) in [7, 11) is 0. The predicted molar refractivity (Wildman–Crippen MR) is 95.9 cm³/mol. The number of anilines is 1. The molecule has 3 aromatic rings. The predicted octanol–water partition coefficient (Wildman–Crippen LogP) is 4.39. The summed E-state index contributed by atoms with van der Waals surface area (Å²) in [6, 6.07) is 15.1. The fourth-order valence-corrected chi connectivity index (χ4v) is 3.79. The van der Waals surface area contributed by atoms with E-state index in [1.807, 2.05) is 12.1 Å². The van der Waals surface area contributed by atoms with Crippen LogP contribution in [0.2, 0.25) is 5.02 Å². The van der Waals surface area contributed by atoms with Crippen molar-refractivity contribution < 1.29 is 9.53 Å². The highest BCUT2D eigenvalue weighted by Crippen LogP contribution is 2.40. The van der Waals surface area contributed by atoms with Gasteiger partial charge in [-0.1, -0.05) is 35.9 Å². The molecule has 0 aliphatic heterocycles. The van der Waals surface area contributed by atoms with Crippen molar-refractivity contribution in [2.75, 3.05) is 11.9 Å². The van der Waals surface area contributed by atoms with Gasteiger partial charge in [-0.25, -0.2) is 4.98 Å². The Morgan fingerprint density at radius 2 is 2.00 bits per heavy atom. The Hall–Kier alpha value is -2.37. The summed E-state index contributed by atoms with van der Waals surface area (Å²) in [5.74, 6) is 0.371. The molecule has 0 unspecified atom stereocenters. The minimum atomic E-state index is -0.231. The number of rotatable bonds is 4. The number of halogens is 1. The van der Waals surface area contributed by atoms with Crippen molar-refractivity contribution in [1.82, 2.24) is 4.98 Å². The second kappa shape index (κ2) is 6.26. The molecule has 0 saturated heterocycles. The molecular formula is C18H13ClN2O2S. The zero-order chi connectivity index (χ0) is 16.5. The van der Waals surface area contributed by atoms with Crippen LogP contribution >= 0.6 is 22.9 Å². The fraction of sp³-hybridized carbons (Fsp3) is 0.111. The Labute approximate surface area is 148 Å². The maximum Gasteiger partial charge on any atom is 0.264 e. The average Bonchev–Trinajstić information content (AvgIpc) is 3.11. The molecule has 0 saturated carbocycles. The third-order valence-electron chi connectivity index (χ3n) is 3.75. The number of nitrogens with zero attached hydrogens (tertiary/aromatic N) is 1. The second-order valence-corrected chi connectivity index (χ2v) is 6.94. The van der Waals surface area contributed by atoms with Gasteiger partial charge < -0.3 is 4.74 Å². The zero-order valence-corrected chi connectivity index (χ0v) is 14.2. The first-order chi connectivity index (χ1) is 11.7. The number of amides is 1. The minimum Gasteiger partial charge on any atom is -0.484 e. The Morgan fingerprint density at radius 1 is 1.21 bits per heavy atom. The van der Waals surface area contributed by atoms with Gasteiger partial charge in [0, 0.05) is 21.9 Å². The maximum atomic E-state index is 12.0. The van der Waals surface area contributed by atoms with Crippen molar-refractivity contribution in [2.24, 2.45) is 0 Å². The topological polar surface area (TPSA) is 51.2 Å². The van der Waals surface area contributed by atoms with Gasteiger partial charge in [0.2, 0.25) is 0 Å². The van der Waals surface area contributed by atoms with E-state index in [0.29, 0.717) is 15.9 Å². The summed E-state index contributed by atoms with van der Waals surface area (Å²) < 4.78 is 5.43. The number of hydrogen-bond acceptors (Lipinski definition) is 4. The van der Waals surface area contributed by atoms with E-state index in [-0.39, 0.29) is 12.5 Å². The Kier molecular flexibility index (Phi) is 3.96. The van der Waals surface area contributed by atoms with Crippen molar-refractivity contribution in [3.63, 3.8) is 0 Å². The smallest absolute Gasteiger partial charge is 0.264 e. The first kappa shape index (κ1) is 15.2. The van der Waals surface area contributed by atoms with E-state index in [1.54, 1.807) is 24.3 Å². The van der Waals surface area contributed by atoms with E-state index < -0.39 is 0 Å². The number of ether oxygens (including phenoxy) is 1. The first-order valence-electron chi connectivity index (χ1n) is 7.45. The van der Waals surface area contributed by atoms with Crippen molar-refractivity contribution in [3.8, 4) is 17.0 Å². The lowest BCUT2D eigenvalue weighted by Gasteiger charge is -2.06. The molecule has 1 amide bonds. The summed E-state index contributed by atoms with van der Waals surface area (Å²) in [5.41, 5.74) is 3.42. The third-order valence-corrected chi connectivity index (χ3v) is 4.97. The van der Waals surface area contributed by atoms with Crippen LogP contribution in [0.5, 0.6) is 5.75 Å². The number of carbonyl (C=O) groups is 1. The zero-order valence-electron chi connectivity index (χ0n) is 12.6. The van der Waals surface area contributed by atoms with Gasteiger partial charge in [-0.3, -0.25) is 10.1 Å². The molecule has 0 atom stereocenters. The van der Waals surface area contributed by atoms with Crippen molar-refractivity contribution in [1.29, 1.82) is 0 Å². The number of nitrogens with one attached hydrogen (secondary N) is 1. The number of carbonyl (C=O) groups excluding carboxylic acids is 1. The molecule has 1 aliphatic rings. The van der Waals surface area contributed by atoms with Crippen LogP contribution in [0, 0.1) is 0 Å². The molecule has 0 bridgehead atoms. The van der Waals surface area contributed by atoms with Gasteiger partial charge in [-0.2, -0.15) is 0 Å². The van der Waals surface area contributed by atoms with Crippen LogP contribution in [0.15, 0.2) is 48.5 Å². The van der Waals surface area contributed by atoms with Gasteiger partial charge in [0.15, 0.2) is 11.7 Å². The van der Waals surface area contributed by atoms with E-state index in [9.17, 15) is 4.79 Å². The molecule has 1 heterocycles. The SMILES string of the molecule is O=C(COc1ccc(Cl)cc1)Nc1nc2c(s1)Cc1ccccc1-2. The maximum absolute atomic E-state index is 12.0. The van der Waals surface area contributed by atoms with E-state index in [1.165, 1.54) is 21.8 Å². The molecule has 4 rings (SSSR count). The fourth-order valence-electron chi connectivity index (χ4n) is 2.65. The van der Waals surface area contributed by atoms with Gasteiger partial charge in [0.05, 0.1) is 5.69 Å². The highest BCUT2D eigenvalue weighted by molar-refractivity contribution is 7.16. The molecule has 0 spiro atoms. The lowest BCUT2D eigenvalue weighted by molar-refractivity contribution is -0.118. The third kappa shape index (κ3) is 3.00. The van der Waals surface area contributed by atoms with Crippen LogP contribution in [-0.2, 0) is 11.2 Å². The van der Waals surface area contributed by atoms with Gasteiger partial charge in [-0.05, 0) is 29.8 Å². The highest BCUT2D eigenvalue weighted by Gasteiger charge is 2.23. The molecule has 24 heavy (non-hydrogen) atoms. The van der Waals surface area contributed by atoms with Crippen LogP contribution < -0.4 is 10.1 Å². The normalized spacial score (nSPS) is 11.7. The Balaban J connectivity index is 1.40. The molecular weight excluding hydrogens is 344 g/mol. The Bertz CT molecular complexity index is 906. The van der Waals surface area contributed by atoms with Crippen LogP contribution in [0.4, 0.5) is 5.13 Å². The Morgan fingerprint density at radius 3 is 2.83 bits per heavy atom. The van der Waals surface area contributed by atoms with E-state index in [2.05, 4.69) is 22.4 Å². The molecule has 1 aromatic heterocycles. The molecule has 120 valence electrons. The van der Waals surface area contributed by atoms with E-state index in [4.69, 9.17) is 16.3 Å². The van der Waals surface area contributed by atoms with E-state index in [0.717, 1.165) is 17.7 Å². The van der Waals surface area contributed by atoms with Gasteiger partial charge in [0.1, 0.15) is 5.75 Å². The van der Waals surface area contributed by atoms with Crippen LogP contribution in [0.1, 0.15) is 10.4 Å². The molecule has 6 heteroatoms. The number of fused-ring (bicyclic) bond motifs is 3. The summed E-state index contributed by atoms with van der Waals surface area (Å²) in [4.78, 5) is 17.8. The standard InChI is InChI=1S/C18H13ClN2O2S/c19-12-5-7-13(8-6-12)23-10-16(22)20-18-21-17-14-4-2-1-3-11(14)9-15(17)24-18/h1-8H,9-10H2,(H,20,21,22). The van der Waals surface area contributed by atoms with Gasteiger partial charge >= 0.3 is 0 Å².